The molecule has 3 heterocycles. The highest BCUT2D eigenvalue weighted by molar-refractivity contribution is 6.28. The van der Waals surface area contributed by atoms with Crippen molar-refractivity contribution in [3.05, 3.63) is 82.8 Å². The van der Waals surface area contributed by atoms with Gasteiger partial charge in [0.2, 0.25) is 5.28 Å². The summed E-state index contributed by atoms with van der Waals surface area (Å²) in [5.41, 5.74) is 3.55. The average Bonchev–Trinajstić information content (AvgIpc) is 3.58. The number of fused-ring (bicyclic) bond motifs is 2. The first-order valence-corrected chi connectivity index (χ1v) is 13.0. The van der Waals surface area contributed by atoms with Crippen molar-refractivity contribution in [2.75, 3.05) is 12.4 Å². The van der Waals surface area contributed by atoms with E-state index < -0.39 is 5.79 Å². The third kappa shape index (κ3) is 4.53. The molecule has 2 aromatic heterocycles. The highest BCUT2D eigenvalue weighted by Crippen LogP contribution is 2.51. The molecule has 0 unspecified atom stereocenters. The Kier molecular flexibility index (Phi) is 6.34. The maximum Gasteiger partial charge on any atom is 0.226 e. The Bertz CT molecular complexity index is 1490. The number of halogens is 1. The van der Waals surface area contributed by atoms with Crippen LogP contribution in [-0.4, -0.2) is 45.9 Å². The minimum absolute atomic E-state index is 0.0374. The van der Waals surface area contributed by atoms with Gasteiger partial charge in [0.05, 0.1) is 24.6 Å². The molecule has 1 aliphatic carbocycles. The van der Waals surface area contributed by atoms with Crippen LogP contribution in [-0.2, 0) is 16.0 Å². The molecule has 2 aliphatic rings. The Morgan fingerprint density at radius 2 is 1.92 bits per heavy atom. The van der Waals surface area contributed by atoms with Crippen molar-refractivity contribution >= 4 is 34.7 Å². The lowest BCUT2D eigenvalue weighted by Crippen LogP contribution is -2.27. The van der Waals surface area contributed by atoms with Crippen LogP contribution in [0.1, 0.15) is 53.7 Å². The standard InChI is InChI=1S/C29H29ClN4O4/c1-29(2)37-24-22(19-6-4-5-18(13-19)16-35)14-23(25(24)38-29)34-12-11-21-26(32-28(30)33-27(21)34)31-15-17-7-9-20(36-3)10-8-17/h4-13,16,22-25H,14-15H2,1-3H3,(H,31,32,33)/t22-,23-,24-,25+/m1/s1. The van der Waals surface area contributed by atoms with E-state index in [0.717, 1.165) is 40.6 Å². The lowest BCUT2D eigenvalue weighted by Gasteiger charge is -2.25. The highest BCUT2D eigenvalue weighted by atomic mass is 35.5. The van der Waals surface area contributed by atoms with E-state index in [1.165, 1.54) is 0 Å². The van der Waals surface area contributed by atoms with Crippen molar-refractivity contribution in [1.82, 2.24) is 14.5 Å². The molecule has 0 amide bonds. The molecule has 196 valence electrons. The van der Waals surface area contributed by atoms with E-state index in [1.54, 1.807) is 7.11 Å². The Balaban J connectivity index is 1.33. The number of methoxy groups -OCH3 is 1. The molecule has 1 saturated heterocycles. The van der Waals surface area contributed by atoms with Gasteiger partial charge in [-0.05, 0) is 67.3 Å². The molecule has 0 spiro atoms. The summed E-state index contributed by atoms with van der Waals surface area (Å²) in [6, 6.07) is 17.6. The SMILES string of the molecule is COc1ccc(CNc2nc(Cl)nc3c2ccn3[C@@H]2C[C@H](c3cccc(C=O)c3)[C@H]3OC(C)(C)O[C@H]32)cc1. The molecule has 9 heteroatoms. The first-order valence-electron chi connectivity index (χ1n) is 12.7. The van der Waals surface area contributed by atoms with Crippen molar-refractivity contribution in [2.45, 2.75) is 56.8 Å². The van der Waals surface area contributed by atoms with Crippen LogP contribution >= 0.6 is 11.6 Å². The first kappa shape index (κ1) is 24.9. The molecule has 6 rings (SSSR count). The number of rotatable bonds is 7. The van der Waals surface area contributed by atoms with E-state index in [1.807, 2.05) is 68.6 Å². The van der Waals surface area contributed by atoms with Gasteiger partial charge in [0.1, 0.15) is 29.6 Å². The maximum absolute atomic E-state index is 11.4. The Hall–Kier alpha value is -3.46. The predicted octanol–water partition coefficient (Wildman–Crippen LogP) is 5.77. The molecule has 38 heavy (non-hydrogen) atoms. The third-order valence-electron chi connectivity index (χ3n) is 7.43. The predicted molar refractivity (Wildman–Crippen MR) is 145 cm³/mol. The molecule has 1 saturated carbocycles. The third-order valence-corrected chi connectivity index (χ3v) is 7.60. The van der Waals surface area contributed by atoms with Crippen molar-refractivity contribution in [3.63, 3.8) is 0 Å². The van der Waals surface area contributed by atoms with Crippen LogP contribution in [0, 0.1) is 0 Å². The van der Waals surface area contributed by atoms with Crippen molar-refractivity contribution < 1.29 is 19.0 Å². The molecule has 2 fully saturated rings. The van der Waals surface area contributed by atoms with Gasteiger partial charge in [-0.1, -0.05) is 30.3 Å². The second-order valence-corrected chi connectivity index (χ2v) is 10.6. The summed E-state index contributed by atoms with van der Waals surface area (Å²) in [7, 11) is 1.65. The topological polar surface area (TPSA) is 87.5 Å². The number of carbonyl (C=O) groups is 1. The van der Waals surface area contributed by atoms with E-state index in [2.05, 4.69) is 25.9 Å². The van der Waals surface area contributed by atoms with Gasteiger partial charge in [-0.3, -0.25) is 4.79 Å². The molecule has 1 N–H and O–H groups in total. The van der Waals surface area contributed by atoms with Gasteiger partial charge in [-0.2, -0.15) is 4.98 Å². The lowest BCUT2D eigenvalue weighted by atomic mass is 9.94. The number of ether oxygens (including phenoxy) is 3. The summed E-state index contributed by atoms with van der Waals surface area (Å²) in [5.74, 6) is 0.831. The molecule has 8 nitrogen and oxygen atoms in total. The Morgan fingerprint density at radius 3 is 2.68 bits per heavy atom. The summed E-state index contributed by atoms with van der Waals surface area (Å²) in [5, 5.41) is 4.46. The van der Waals surface area contributed by atoms with E-state index in [-0.39, 0.29) is 29.5 Å². The van der Waals surface area contributed by atoms with Gasteiger partial charge in [-0.15, -0.1) is 0 Å². The number of hydrogen-bond donors (Lipinski definition) is 1. The lowest BCUT2D eigenvalue weighted by molar-refractivity contribution is -0.157. The van der Waals surface area contributed by atoms with Crippen LogP contribution in [0.3, 0.4) is 0 Å². The van der Waals surface area contributed by atoms with Crippen LogP contribution in [0.4, 0.5) is 5.82 Å². The zero-order valence-electron chi connectivity index (χ0n) is 21.4. The number of nitrogens with zero attached hydrogens (tertiary/aromatic N) is 3. The number of aromatic nitrogens is 3. The van der Waals surface area contributed by atoms with E-state index in [4.69, 9.17) is 25.8 Å². The summed E-state index contributed by atoms with van der Waals surface area (Å²) in [6.45, 7) is 4.45. The van der Waals surface area contributed by atoms with Crippen LogP contribution in [0.15, 0.2) is 60.8 Å². The van der Waals surface area contributed by atoms with E-state index in [9.17, 15) is 4.79 Å². The van der Waals surface area contributed by atoms with Crippen molar-refractivity contribution in [1.29, 1.82) is 0 Å². The van der Waals surface area contributed by atoms with Crippen LogP contribution in [0.2, 0.25) is 5.28 Å². The number of carbonyl (C=O) groups excluding carboxylic acids is 1. The fourth-order valence-corrected chi connectivity index (χ4v) is 5.92. The normalized spacial score (nSPS) is 23.9. The number of aldehydes is 1. The smallest absolute Gasteiger partial charge is 0.226 e. The molecule has 4 atom stereocenters. The van der Waals surface area contributed by atoms with Gasteiger partial charge in [0.25, 0.3) is 0 Å². The Labute approximate surface area is 225 Å². The molecule has 0 bridgehead atoms. The molecular formula is C29H29ClN4O4. The highest BCUT2D eigenvalue weighted by Gasteiger charge is 2.55. The second-order valence-electron chi connectivity index (χ2n) is 10.3. The number of anilines is 1. The summed E-state index contributed by atoms with van der Waals surface area (Å²) in [6.07, 6.45) is 3.33. The van der Waals surface area contributed by atoms with Crippen molar-refractivity contribution in [2.24, 2.45) is 0 Å². The minimum Gasteiger partial charge on any atom is -0.497 e. The first-order chi connectivity index (χ1) is 18.3. The molecule has 2 aromatic carbocycles. The van der Waals surface area contributed by atoms with Crippen molar-refractivity contribution in [3.8, 4) is 5.75 Å². The molecule has 0 radical (unpaired) electrons. The maximum atomic E-state index is 11.4. The fourth-order valence-electron chi connectivity index (χ4n) is 5.75. The van der Waals surface area contributed by atoms with Gasteiger partial charge >= 0.3 is 0 Å². The monoisotopic (exact) mass is 532 g/mol. The molecular weight excluding hydrogens is 504 g/mol. The van der Waals surface area contributed by atoms with Crippen LogP contribution in [0.25, 0.3) is 11.0 Å². The van der Waals surface area contributed by atoms with Gasteiger partial charge in [-0.25, -0.2) is 4.98 Å². The van der Waals surface area contributed by atoms with Crippen LogP contribution < -0.4 is 10.1 Å². The Morgan fingerprint density at radius 1 is 1.13 bits per heavy atom. The van der Waals surface area contributed by atoms with Gasteiger partial charge in [0.15, 0.2) is 5.79 Å². The van der Waals surface area contributed by atoms with Gasteiger partial charge < -0.3 is 24.1 Å². The zero-order chi connectivity index (χ0) is 26.4. The summed E-state index contributed by atoms with van der Waals surface area (Å²) in [4.78, 5) is 20.5. The minimum atomic E-state index is -0.713. The number of nitrogens with one attached hydrogen (secondary N) is 1. The summed E-state index contributed by atoms with van der Waals surface area (Å²) < 4.78 is 20.2. The van der Waals surface area contributed by atoms with E-state index in [0.29, 0.717) is 17.9 Å². The number of benzene rings is 2. The quantitative estimate of drug-likeness (QED) is 0.239. The number of hydrogen-bond acceptors (Lipinski definition) is 7. The van der Waals surface area contributed by atoms with E-state index >= 15 is 0 Å². The second kappa shape index (κ2) is 9.69. The van der Waals surface area contributed by atoms with Crippen LogP contribution in [0.5, 0.6) is 5.75 Å². The largest absolute Gasteiger partial charge is 0.497 e. The van der Waals surface area contributed by atoms with Gasteiger partial charge in [0, 0.05) is 24.2 Å². The summed E-state index contributed by atoms with van der Waals surface area (Å²) >= 11 is 6.41. The fraction of sp³-hybridized carbons (Fsp3) is 0.345. The molecule has 4 aromatic rings. The average molecular weight is 533 g/mol. The zero-order valence-corrected chi connectivity index (χ0v) is 22.2. The molecule has 1 aliphatic heterocycles.